The molecule has 0 aliphatic heterocycles. The zero-order valence-electron chi connectivity index (χ0n) is 13.8. The largest absolute Gasteiger partial charge is 0.330 e. The van der Waals surface area contributed by atoms with Gasteiger partial charge in [-0.1, -0.05) is 19.3 Å². The second-order valence-corrected chi connectivity index (χ2v) is 6.59. The molecule has 0 amide bonds. The molecule has 22 heavy (non-hydrogen) atoms. The van der Waals surface area contributed by atoms with Gasteiger partial charge in [0.1, 0.15) is 0 Å². The van der Waals surface area contributed by atoms with Gasteiger partial charge in [0, 0.05) is 38.6 Å². The van der Waals surface area contributed by atoms with E-state index in [0.29, 0.717) is 6.04 Å². The second kappa shape index (κ2) is 7.09. The van der Waals surface area contributed by atoms with Gasteiger partial charge in [-0.3, -0.25) is 4.68 Å². The summed E-state index contributed by atoms with van der Waals surface area (Å²) in [6, 6.07) is 0.665. The lowest BCUT2D eigenvalue weighted by molar-refractivity contribution is 0.298. The molecule has 2 heterocycles. The number of hydrogen-bond donors (Lipinski definition) is 0. The van der Waals surface area contributed by atoms with Gasteiger partial charge in [0.2, 0.25) is 0 Å². The van der Waals surface area contributed by atoms with Gasteiger partial charge in [-0.05, 0) is 31.9 Å². The number of rotatable bonds is 6. The molecule has 2 aromatic heterocycles. The number of hydrogen-bond acceptors (Lipinski definition) is 3. The summed E-state index contributed by atoms with van der Waals surface area (Å²) in [5.41, 5.74) is 2.65. The summed E-state index contributed by atoms with van der Waals surface area (Å²) < 4.78 is 4.28. The zero-order valence-corrected chi connectivity index (χ0v) is 13.8. The minimum atomic E-state index is 0.665. The van der Waals surface area contributed by atoms with Gasteiger partial charge in [-0.15, -0.1) is 0 Å². The van der Waals surface area contributed by atoms with Gasteiger partial charge in [-0.2, -0.15) is 5.10 Å². The Balaban J connectivity index is 1.55. The van der Waals surface area contributed by atoms with Crippen molar-refractivity contribution in [2.45, 2.75) is 51.1 Å². The summed E-state index contributed by atoms with van der Waals surface area (Å²) in [4.78, 5) is 6.77. The van der Waals surface area contributed by atoms with Crippen molar-refractivity contribution in [3.63, 3.8) is 0 Å². The van der Waals surface area contributed by atoms with Crippen LogP contribution < -0.4 is 0 Å². The first kappa shape index (κ1) is 15.3. The fraction of sp³-hybridized carbons (Fsp3) is 0.647. The van der Waals surface area contributed by atoms with Gasteiger partial charge in [0.25, 0.3) is 0 Å². The summed E-state index contributed by atoms with van der Waals surface area (Å²) in [6.07, 6.45) is 15.9. The Kier molecular flexibility index (Phi) is 4.93. The summed E-state index contributed by atoms with van der Waals surface area (Å²) in [6.45, 7) is 2.01. The van der Waals surface area contributed by atoms with Crippen LogP contribution in [0.2, 0.25) is 0 Å². The molecule has 120 valence electrons. The maximum atomic E-state index is 4.39. The topological polar surface area (TPSA) is 38.9 Å². The summed E-state index contributed by atoms with van der Waals surface area (Å²) in [7, 11) is 4.16. The highest BCUT2D eigenvalue weighted by Gasteiger charge is 2.18. The standard InChI is InChI=1S/C17H27N5/c1-20(9-8-15-10-19-21(2)12-15)13-17-11-18-14-22(17)16-6-4-3-5-7-16/h10-12,14,16H,3-9,13H2,1-2H3. The van der Waals surface area contributed by atoms with Crippen LogP contribution in [0.25, 0.3) is 0 Å². The Morgan fingerprint density at radius 1 is 1.23 bits per heavy atom. The minimum absolute atomic E-state index is 0.665. The van der Waals surface area contributed by atoms with Crippen LogP contribution in [-0.2, 0) is 20.0 Å². The van der Waals surface area contributed by atoms with Crippen LogP contribution in [0.15, 0.2) is 24.9 Å². The van der Waals surface area contributed by atoms with E-state index < -0.39 is 0 Å². The molecule has 0 saturated heterocycles. The maximum Gasteiger partial charge on any atom is 0.0951 e. The van der Waals surface area contributed by atoms with E-state index in [1.165, 1.54) is 43.4 Å². The van der Waals surface area contributed by atoms with Gasteiger partial charge in [-0.25, -0.2) is 4.98 Å². The molecule has 1 aliphatic carbocycles. The van der Waals surface area contributed by atoms with Crippen molar-refractivity contribution >= 4 is 0 Å². The number of aromatic nitrogens is 4. The van der Waals surface area contributed by atoms with Crippen molar-refractivity contribution in [2.75, 3.05) is 13.6 Å². The van der Waals surface area contributed by atoms with E-state index >= 15 is 0 Å². The first-order valence-corrected chi connectivity index (χ1v) is 8.39. The molecule has 1 fully saturated rings. The summed E-state index contributed by atoms with van der Waals surface area (Å²) in [5.74, 6) is 0. The number of aryl methyl sites for hydroxylation is 1. The van der Waals surface area contributed by atoms with Crippen molar-refractivity contribution in [3.05, 3.63) is 36.2 Å². The Labute approximate surface area is 133 Å². The summed E-state index contributed by atoms with van der Waals surface area (Å²) >= 11 is 0. The van der Waals surface area contributed by atoms with Gasteiger partial charge in [0.15, 0.2) is 0 Å². The van der Waals surface area contributed by atoms with Crippen molar-refractivity contribution in [1.82, 2.24) is 24.2 Å². The maximum absolute atomic E-state index is 4.39. The third-order valence-corrected chi connectivity index (χ3v) is 4.69. The molecule has 0 spiro atoms. The van der Waals surface area contributed by atoms with Gasteiger partial charge in [0.05, 0.1) is 18.2 Å². The van der Waals surface area contributed by atoms with Crippen molar-refractivity contribution in [3.8, 4) is 0 Å². The molecular formula is C17H27N5. The van der Waals surface area contributed by atoms with Crippen molar-refractivity contribution in [1.29, 1.82) is 0 Å². The van der Waals surface area contributed by atoms with E-state index in [1.807, 2.05) is 30.5 Å². The van der Waals surface area contributed by atoms with Gasteiger partial charge >= 0.3 is 0 Å². The molecule has 5 heteroatoms. The minimum Gasteiger partial charge on any atom is -0.330 e. The number of nitrogens with zero attached hydrogens (tertiary/aromatic N) is 5. The molecule has 1 aliphatic rings. The average molecular weight is 301 g/mol. The van der Waals surface area contributed by atoms with E-state index in [9.17, 15) is 0 Å². The predicted molar refractivity (Wildman–Crippen MR) is 87.6 cm³/mol. The highest BCUT2D eigenvalue weighted by molar-refractivity contribution is 5.05. The van der Waals surface area contributed by atoms with E-state index in [2.05, 4.69) is 32.8 Å². The SMILES string of the molecule is CN(CCc1cnn(C)c1)Cc1cncn1C1CCCCC1. The predicted octanol–water partition coefficient (Wildman–Crippen LogP) is 2.80. The smallest absolute Gasteiger partial charge is 0.0951 e. The van der Waals surface area contributed by atoms with Crippen molar-refractivity contribution in [2.24, 2.45) is 7.05 Å². The van der Waals surface area contributed by atoms with Gasteiger partial charge < -0.3 is 9.47 Å². The first-order chi connectivity index (χ1) is 10.7. The molecule has 2 aromatic rings. The monoisotopic (exact) mass is 301 g/mol. The third kappa shape index (κ3) is 3.77. The third-order valence-electron chi connectivity index (χ3n) is 4.69. The quantitative estimate of drug-likeness (QED) is 0.823. The number of imidazole rings is 1. The average Bonchev–Trinajstić information content (AvgIpc) is 3.15. The Hall–Kier alpha value is -1.62. The molecule has 1 saturated carbocycles. The molecule has 3 rings (SSSR count). The van der Waals surface area contributed by atoms with Crippen molar-refractivity contribution < 1.29 is 0 Å². The van der Waals surface area contributed by atoms with Crippen LogP contribution in [0.5, 0.6) is 0 Å². The zero-order chi connectivity index (χ0) is 15.4. The lowest BCUT2D eigenvalue weighted by Gasteiger charge is -2.26. The molecule has 0 unspecified atom stereocenters. The Morgan fingerprint density at radius 3 is 2.77 bits per heavy atom. The van der Waals surface area contributed by atoms with Crippen LogP contribution in [0.1, 0.15) is 49.4 Å². The molecule has 0 N–H and O–H groups in total. The lowest BCUT2D eigenvalue weighted by Crippen LogP contribution is -2.24. The number of likely N-dealkylation sites (N-methyl/N-ethyl adjacent to an activating group) is 1. The van der Waals surface area contributed by atoms with Crippen LogP contribution in [-0.4, -0.2) is 37.8 Å². The molecule has 0 bridgehead atoms. The lowest BCUT2D eigenvalue weighted by atomic mass is 9.95. The van der Waals surface area contributed by atoms with E-state index in [1.54, 1.807) is 0 Å². The highest BCUT2D eigenvalue weighted by Crippen LogP contribution is 2.29. The molecule has 0 atom stereocenters. The van der Waals surface area contributed by atoms with E-state index in [-0.39, 0.29) is 0 Å². The molecular weight excluding hydrogens is 274 g/mol. The molecule has 0 radical (unpaired) electrons. The summed E-state index contributed by atoms with van der Waals surface area (Å²) in [5, 5.41) is 4.23. The van der Waals surface area contributed by atoms with Crippen LogP contribution >= 0.6 is 0 Å². The Bertz CT molecular complexity index is 579. The molecule has 0 aromatic carbocycles. The van der Waals surface area contributed by atoms with E-state index in [4.69, 9.17) is 0 Å². The normalized spacial score (nSPS) is 16.5. The Morgan fingerprint density at radius 2 is 2.05 bits per heavy atom. The van der Waals surface area contributed by atoms with Crippen LogP contribution in [0, 0.1) is 0 Å². The molecule has 5 nitrogen and oxygen atoms in total. The van der Waals surface area contributed by atoms with Crippen LogP contribution in [0.3, 0.4) is 0 Å². The van der Waals surface area contributed by atoms with Crippen LogP contribution in [0.4, 0.5) is 0 Å². The highest BCUT2D eigenvalue weighted by atomic mass is 15.2. The fourth-order valence-electron chi connectivity index (χ4n) is 3.42. The second-order valence-electron chi connectivity index (χ2n) is 6.59. The fourth-order valence-corrected chi connectivity index (χ4v) is 3.42. The first-order valence-electron chi connectivity index (χ1n) is 8.39. The van der Waals surface area contributed by atoms with E-state index in [0.717, 1.165) is 19.5 Å².